The molecule has 2 heteroatoms. The number of carbonyl (C=O) groups excluding carboxylic acids is 1. The molecule has 2 N–H and O–H groups in total. The van der Waals surface area contributed by atoms with Crippen LogP contribution in [-0.2, 0) is 4.79 Å². The van der Waals surface area contributed by atoms with Crippen molar-refractivity contribution in [3.05, 3.63) is 24.3 Å². The van der Waals surface area contributed by atoms with Crippen LogP contribution in [0.3, 0.4) is 0 Å². The zero-order valence-electron chi connectivity index (χ0n) is 5.55. The van der Waals surface area contributed by atoms with Gasteiger partial charge in [0, 0.05) is 5.57 Å². The third kappa shape index (κ3) is 2.69. The number of carbonyl (C=O) groups is 1. The maximum absolute atomic E-state index is 10.4. The van der Waals surface area contributed by atoms with Crippen LogP contribution in [0.15, 0.2) is 24.3 Å². The molecule has 0 aliphatic heterocycles. The van der Waals surface area contributed by atoms with Gasteiger partial charge < -0.3 is 5.73 Å². The number of rotatable bonds is 3. The Labute approximate surface area is 55.1 Å². The summed E-state index contributed by atoms with van der Waals surface area (Å²) in [5.41, 5.74) is 5.45. The second kappa shape index (κ2) is 3.89. The Balaban J connectivity index is 4.14. The highest BCUT2D eigenvalue weighted by atomic mass is 16.1. The van der Waals surface area contributed by atoms with Crippen LogP contribution in [0.2, 0.25) is 0 Å². The number of nitrogens with two attached hydrogens (primary N) is 1. The van der Waals surface area contributed by atoms with Crippen LogP contribution < -0.4 is 5.73 Å². The van der Waals surface area contributed by atoms with E-state index in [2.05, 4.69) is 6.58 Å². The Hall–Kier alpha value is -1.05. The highest BCUT2D eigenvalue weighted by Crippen LogP contribution is 1.94. The van der Waals surface area contributed by atoms with E-state index in [4.69, 9.17) is 5.73 Å². The van der Waals surface area contributed by atoms with Crippen LogP contribution in [-0.4, -0.2) is 5.91 Å². The number of hydrogen-bond acceptors (Lipinski definition) is 1. The molecule has 0 saturated carbocycles. The summed E-state index contributed by atoms with van der Waals surface area (Å²) in [6.07, 6.45) is 4.02. The lowest BCUT2D eigenvalue weighted by Crippen LogP contribution is -2.11. The van der Waals surface area contributed by atoms with Crippen molar-refractivity contribution in [2.45, 2.75) is 13.3 Å². The Morgan fingerprint density at radius 2 is 2.33 bits per heavy atom. The van der Waals surface area contributed by atoms with E-state index in [9.17, 15) is 4.79 Å². The van der Waals surface area contributed by atoms with Gasteiger partial charge in [0.15, 0.2) is 0 Å². The normalized spacial score (nSPS) is 11.0. The van der Waals surface area contributed by atoms with E-state index in [1.54, 1.807) is 6.08 Å². The summed E-state index contributed by atoms with van der Waals surface area (Å²) in [6.45, 7) is 5.37. The van der Waals surface area contributed by atoms with Crippen molar-refractivity contribution in [2.24, 2.45) is 5.73 Å². The van der Waals surface area contributed by atoms with Crippen LogP contribution in [0.25, 0.3) is 0 Å². The first kappa shape index (κ1) is 7.95. The van der Waals surface area contributed by atoms with Crippen LogP contribution >= 0.6 is 0 Å². The Morgan fingerprint density at radius 1 is 1.78 bits per heavy atom. The zero-order valence-corrected chi connectivity index (χ0v) is 5.55. The van der Waals surface area contributed by atoms with Gasteiger partial charge in [0.1, 0.15) is 0 Å². The van der Waals surface area contributed by atoms with E-state index >= 15 is 0 Å². The molecule has 0 aliphatic carbocycles. The summed E-state index contributed by atoms with van der Waals surface area (Å²) in [7, 11) is 0. The number of primary amides is 1. The van der Waals surface area contributed by atoms with Crippen molar-refractivity contribution < 1.29 is 4.79 Å². The summed E-state index contributed by atoms with van der Waals surface area (Å²) < 4.78 is 0. The van der Waals surface area contributed by atoms with Crippen LogP contribution in [0, 0.1) is 0 Å². The lowest BCUT2D eigenvalue weighted by atomic mass is 10.2. The second-order valence-corrected chi connectivity index (χ2v) is 1.64. The molecule has 0 aromatic heterocycles. The lowest BCUT2D eigenvalue weighted by Gasteiger charge is -1.90. The van der Waals surface area contributed by atoms with E-state index < -0.39 is 5.91 Å². The minimum Gasteiger partial charge on any atom is -0.366 e. The molecule has 0 atom stereocenters. The molecule has 0 spiro atoms. The third-order valence-corrected chi connectivity index (χ3v) is 0.928. The first-order valence-corrected chi connectivity index (χ1v) is 2.84. The van der Waals surface area contributed by atoms with Crippen molar-refractivity contribution in [2.75, 3.05) is 0 Å². The maximum atomic E-state index is 10.4. The third-order valence-electron chi connectivity index (χ3n) is 0.928. The highest BCUT2D eigenvalue weighted by molar-refractivity contribution is 5.94. The van der Waals surface area contributed by atoms with E-state index in [-0.39, 0.29) is 0 Å². The number of allylic oxidation sites excluding steroid dienone is 1. The van der Waals surface area contributed by atoms with Gasteiger partial charge in [-0.25, -0.2) is 0 Å². The lowest BCUT2D eigenvalue weighted by molar-refractivity contribution is -0.114. The van der Waals surface area contributed by atoms with Crippen LogP contribution in [0.4, 0.5) is 0 Å². The van der Waals surface area contributed by atoms with Crippen molar-refractivity contribution in [1.82, 2.24) is 0 Å². The van der Waals surface area contributed by atoms with Crippen LogP contribution in [0.1, 0.15) is 13.3 Å². The predicted octanol–water partition coefficient (Wildman–Crippen LogP) is 0.994. The topological polar surface area (TPSA) is 43.1 Å². The molecule has 1 amide bonds. The summed E-state index contributed by atoms with van der Waals surface area (Å²) in [6, 6.07) is 0. The minimum absolute atomic E-state index is 0.410. The van der Waals surface area contributed by atoms with Crippen molar-refractivity contribution in [1.29, 1.82) is 0 Å². The first-order chi connectivity index (χ1) is 4.22. The largest absolute Gasteiger partial charge is 0.366 e. The smallest absolute Gasteiger partial charge is 0.248 e. The molecule has 0 unspecified atom stereocenters. The van der Waals surface area contributed by atoms with Gasteiger partial charge in [0.2, 0.25) is 5.91 Å². The van der Waals surface area contributed by atoms with Gasteiger partial charge >= 0.3 is 0 Å². The summed E-state index contributed by atoms with van der Waals surface area (Å²) in [5, 5.41) is 0. The van der Waals surface area contributed by atoms with E-state index in [0.29, 0.717) is 5.57 Å². The fourth-order valence-corrected chi connectivity index (χ4v) is 0.504. The highest BCUT2D eigenvalue weighted by Gasteiger charge is 1.95. The Bertz CT molecular complexity index is 147. The molecule has 0 aromatic carbocycles. The molecule has 9 heavy (non-hydrogen) atoms. The minimum atomic E-state index is -0.410. The van der Waals surface area contributed by atoms with Crippen molar-refractivity contribution >= 4 is 5.91 Å². The molecule has 2 nitrogen and oxygen atoms in total. The molecule has 0 radical (unpaired) electrons. The van der Waals surface area contributed by atoms with Gasteiger partial charge in [-0.3, -0.25) is 4.79 Å². The average molecular weight is 125 g/mol. The summed E-state index contributed by atoms with van der Waals surface area (Å²) >= 11 is 0. The monoisotopic (exact) mass is 125 g/mol. The van der Waals surface area contributed by atoms with E-state index in [1.807, 2.05) is 6.92 Å². The molecule has 0 bridgehead atoms. The fourth-order valence-electron chi connectivity index (χ4n) is 0.504. The predicted molar refractivity (Wildman–Crippen MR) is 37.8 cm³/mol. The molecule has 0 fully saturated rings. The quantitative estimate of drug-likeness (QED) is 0.443. The van der Waals surface area contributed by atoms with E-state index in [1.165, 1.54) is 6.08 Å². The summed E-state index contributed by atoms with van der Waals surface area (Å²) in [5.74, 6) is -0.410. The van der Waals surface area contributed by atoms with Crippen molar-refractivity contribution in [3.63, 3.8) is 0 Å². The average Bonchev–Trinajstić information content (AvgIpc) is 1.82. The van der Waals surface area contributed by atoms with Gasteiger partial charge in [0.25, 0.3) is 0 Å². The molecule has 0 heterocycles. The second-order valence-electron chi connectivity index (χ2n) is 1.64. The SMILES string of the molecule is C=C/C(=C\CC)C(N)=O. The number of hydrogen-bond donors (Lipinski definition) is 1. The molecule has 0 saturated heterocycles. The number of amides is 1. The zero-order chi connectivity index (χ0) is 7.28. The standard InChI is InChI=1S/C7H11NO/c1-3-5-6(4-2)7(8)9/h4-5H,2-3H2,1H3,(H2,8,9)/b6-5+. The Morgan fingerprint density at radius 3 is 2.44 bits per heavy atom. The van der Waals surface area contributed by atoms with Gasteiger partial charge in [-0.2, -0.15) is 0 Å². The Kier molecular flexibility index (Phi) is 3.44. The van der Waals surface area contributed by atoms with E-state index in [0.717, 1.165) is 6.42 Å². The fraction of sp³-hybridized carbons (Fsp3) is 0.286. The molecule has 0 aliphatic rings. The molecule has 0 aromatic rings. The molecule has 0 rings (SSSR count). The van der Waals surface area contributed by atoms with Gasteiger partial charge in [-0.15, -0.1) is 0 Å². The van der Waals surface area contributed by atoms with Crippen LogP contribution in [0.5, 0.6) is 0 Å². The first-order valence-electron chi connectivity index (χ1n) is 2.84. The van der Waals surface area contributed by atoms with Gasteiger partial charge in [0.05, 0.1) is 0 Å². The molecular weight excluding hydrogens is 114 g/mol. The summed E-state index contributed by atoms with van der Waals surface area (Å²) in [4.78, 5) is 10.4. The van der Waals surface area contributed by atoms with Crippen molar-refractivity contribution in [3.8, 4) is 0 Å². The maximum Gasteiger partial charge on any atom is 0.248 e. The molecular formula is C7H11NO. The van der Waals surface area contributed by atoms with Gasteiger partial charge in [-0.1, -0.05) is 25.7 Å². The molecule has 50 valence electrons. The van der Waals surface area contributed by atoms with Gasteiger partial charge in [-0.05, 0) is 6.42 Å².